The molecule has 1 atom stereocenters. The first kappa shape index (κ1) is 7.16. The third-order valence-electron chi connectivity index (χ3n) is 2.01. The molecule has 3 nitrogen and oxygen atoms in total. The number of rotatable bonds is 1. The van der Waals surface area contributed by atoms with Gasteiger partial charge in [0.2, 0.25) is 0 Å². The van der Waals surface area contributed by atoms with Crippen molar-refractivity contribution in [1.82, 2.24) is 10.2 Å². The number of Topliss-reactive ketones (excluding diaryl/α,β-unsaturated/α-hetero) is 1. The molecule has 62 valence electrons. The molecule has 2 heterocycles. The maximum atomic E-state index is 11.0. The lowest BCUT2D eigenvalue weighted by atomic mass is 10.1. The van der Waals surface area contributed by atoms with E-state index in [2.05, 4.69) is 5.32 Å². The van der Waals surface area contributed by atoms with Crippen LogP contribution >= 0.6 is 0 Å². The highest BCUT2D eigenvalue weighted by molar-refractivity contribution is 5.96. The molecular weight excluding hydrogens is 152 g/mol. The van der Waals surface area contributed by atoms with E-state index in [9.17, 15) is 4.79 Å². The number of hydrogen-bond acceptors (Lipinski definition) is 3. The highest BCUT2D eigenvalue weighted by Crippen LogP contribution is 2.16. The normalized spacial score (nSPS) is 24.9. The average Bonchev–Trinajstić information content (AvgIpc) is 2.49. The third-order valence-corrected chi connectivity index (χ3v) is 2.01. The lowest BCUT2D eigenvalue weighted by Crippen LogP contribution is -2.32. The van der Waals surface area contributed by atoms with Crippen molar-refractivity contribution in [3.05, 3.63) is 36.3 Å². The Morgan fingerprint density at radius 1 is 1.58 bits per heavy atom. The van der Waals surface area contributed by atoms with Crippen LogP contribution in [0.1, 0.15) is 6.92 Å². The Morgan fingerprint density at radius 3 is 3.17 bits per heavy atom. The number of nitrogens with one attached hydrogen (secondary N) is 1. The quantitative estimate of drug-likeness (QED) is 0.617. The van der Waals surface area contributed by atoms with Crippen molar-refractivity contribution in [2.75, 3.05) is 0 Å². The predicted octanol–water partition coefficient (Wildman–Crippen LogP) is 0.732. The maximum absolute atomic E-state index is 11.0. The maximum Gasteiger partial charge on any atom is 0.159 e. The van der Waals surface area contributed by atoms with Gasteiger partial charge in [0.25, 0.3) is 0 Å². The first-order valence-corrected chi connectivity index (χ1v) is 3.88. The number of carbonyl (C=O) groups excluding carboxylic acids is 1. The molecule has 3 heteroatoms. The van der Waals surface area contributed by atoms with Gasteiger partial charge in [0.05, 0.1) is 0 Å². The van der Waals surface area contributed by atoms with Crippen LogP contribution in [0.2, 0.25) is 0 Å². The fourth-order valence-corrected chi connectivity index (χ4v) is 1.31. The zero-order valence-corrected chi connectivity index (χ0v) is 6.82. The molecule has 2 aliphatic heterocycles. The van der Waals surface area contributed by atoms with E-state index in [1.165, 1.54) is 0 Å². The molecule has 0 aromatic carbocycles. The molecular formula is C9H10N2O. The van der Waals surface area contributed by atoms with E-state index in [0.717, 1.165) is 5.57 Å². The molecule has 0 saturated carbocycles. The SMILES string of the molecule is CC(=O)C1=C[C@H]2NC=CN2C=C1. The third kappa shape index (κ3) is 1.03. The Balaban J connectivity index is 2.23. The van der Waals surface area contributed by atoms with Gasteiger partial charge in [0, 0.05) is 24.2 Å². The van der Waals surface area contributed by atoms with Gasteiger partial charge < -0.3 is 10.2 Å². The molecule has 0 spiro atoms. The summed E-state index contributed by atoms with van der Waals surface area (Å²) in [4.78, 5) is 13.0. The first-order valence-electron chi connectivity index (χ1n) is 3.88. The molecule has 0 aliphatic carbocycles. The number of fused-ring (bicyclic) bond motifs is 1. The fraction of sp³-hybridized carbons (Fsp3) is 0.222. The number of allylic oxidation sites excluding steroid dienone is 2. The van der Waals surface area contributed by atoms with E-state index in [4.69, 9.17) is 0 Å². The molecule has 1 N–H and O–H groups in total. The second-order valence-electron chi connectivity index (χ2n) is 2.87. The number of carbonyl (C=O) groups is 1. The van der Waals surface area contributed by atoms with E-state index in [1.807, 2.05) is 35.7 Å². The van der Waals surface area contributed by atoms with Gasteiger partial charge in [0.1, 0.15) is 6.17 Å². The lowest BCUT2D eigenvalue weighted by Gasteiger charge is -2.22. The van der Waals surface area contributed by atoms with Gasteiger partial charge in [0.15, 0.2) is 5.78 Å². The minimum Gasteiger partial charge on any atom is -0.366 e. The first-order chi connectivity index (χ1) is 5.77. The van der Waals surface area contributed by atoms with Crippen LogP contribution in [-0.4, -0.2) is 16.8 Å². The molecule has 0 unspecified atom stereocenters. The molecule has 0 aromatic rings. The van der Waals surface area contributed by atoms with E-state index in [0.29, 0.717) is 0 Å². The summed E-state index contributed by atoms with van der Waals surface area (Å²) in [6.45, 7) is 1.58. The van der Waals surface area contributed by atoms with Crippen molar-refractivity contribution in [2.24, 2.45) is 0 Å². The van der Waals surface area contributed by atoms with E-state index >= 15 is 0 Å². The smallest absolute Gasteiger partial charge is 0.159 e. The zero-order valence-electron chi connectivity index (χ0n) is 6.82. The minimum atomic E-state index is 0.111. The van der Waals surface area contributed by atoms with Crippen LogP contribution in [-0.2, 0) is 4.79 Å². The standard InChI is InChI=1S/C9H10N2O/c1-7(12)8-2-4-11-5-3-10-9(11)6-8/h2-6,9-10H,1H3/t9-/m0/s1. The average molecular weight is 162 g/mol. The van der Waals surface area contributed by atoms with Crippen molar-refractivity contribution in [1.29, 1.82) is 0 Å². The summed E-state index contributed by atoms with van der Waals surface area (Å²) < 4.78 is 0. The molecule has 0 saturated heterocycles. The van der Waals surface area contributed by atoms with Gasteiger partial charge in [-0.05, 0) is 19.1 Å². The van der Waals surface area contributed by atoms with E-state index in [1.54, 1.807) is 6.92 Å². The molecule has 0 fully saturated rings. The summed E-state index contributed by atoms with van der Waals surface area (Å²) in [6, 6.07) is 0. The lowest BCUT2D eigenvalue weighted by molar-refractivity contribution is -0.113. The van der Waals surface area contributed by atoms with Crippen LogP contribution in [0, 0.1) is 0 Å². The summed E-state index contributed by atoms with van der Waals surface area (Å²) in [5.41, 5.74) is 0.771. The zero-order chi connectivity index (χ0) is 8.55. The Labute approximate surface area is 71.0 Å². The highest BCUT2D eigenvalue weighted by Gasteiger charge is 2.18. The molecule has 12 heavy (non-hydrogen) atoms. The summed E-state index contributed by atoms with van der Waals surface area (Å²) >= 11 is 0. The topological polar surface area (TPSA) is 32.3 Å². The van der Waals surface area contributed by atoms with Crippen LogP contribution in [0.3, 0.4) is 0 Å². The van der Waals surface area contributed by atoms with Crippen LogP contribution in [0.25, 0.3) is 0 Å². The molecule has 0 bridgehead atoms. The second kappa shape index (κ2) is 2.52. The van der Waals surface area contributed by atoms with Crippen LogP contribution < -0.4 is 5.32 Å². The van der Waals surface area contributed by atoms with Crippen molar-refractivity contribution in [3.63, 3.8) is 0 Å². The monoisotopic (exact) mass is 162 g/mol. The van der Waals surface area contributed by atoms with Crippen molar-refractivity contribution >= 4 is 5.78 Å². The minimum absolute atomic E-state index is 0.111. The Bertz CT molecular complexity index is 302. The van der Waals surface area contributed by atoms with Gasteiger partial charge in [-0.1, -0.05) is 0 Å². The van der Waals surface area contributed by atoms with Gasteiger partial charge >= 0.3 is 0 Å². The van der Waals surface area contributed by atoms with E-state index in [-0.39, 0.29) is 11.9 Å². The van der Waals surface area contributed by atoms with E-state index < -0.39 is 0 Å². The van der Waals surface area contributed by atoms with Gasteiger partial charge in [-0.15, -0.1) is 0 Å². The van der Waals surface area contributed by atoms with Gasteiger partial charge in [-0.25, -0.2) is 0 Å². The number of nitrogens with zero attached hydrogens (tertiary/aromatic N) is 1. The Hall–Kier alpha value is -1.51. The summed E-state index contributed by atoms with van der Waals surface area (Å²) in [5.74, 6) is 0.111. The largest absolute Gasteiger partial charge is 0.366 e. The van der Waals surface area contributed by atoms with Gasteiger partial charge in [-0.2, -0.15) is 0 Å². The molecule has 0 radical (unpaired) electrons. The summed E-state index contributed by atoms with van der Waals surface area (Å²) in [6.07, 6.45) is 9.59. The predicted molar refractivity (Wildman–Crippen MR) is 45.8 cm³/mol. The number of ketones is 1. The van der Waals surface area contributed by atoms with Crippen LogP contribution in [0.5, 0.6) is 0 Å². The molecule has 0 aromatic heterocycles. The summed E-state index contributed by atoms with van der Waals surface area (Å²) in [5, 5.41) is 3.11. The Morgan fingerprint density at radius 2 is 2.42 bits per heavy atom. The molecule has 2 aliphatic rings. The Kier molecular flexibility index (Phi) is 1.50. The van der Waals surface area contributed by atoms with Crippen LogP contribution in [0.15, 0.2) is 36.3 Å². The highest BCUT2D eigenvalue weighted by atomic mass is 16.1. The van der Waals surface area contributed by atoms with Crippen LogP contribution in [0.4, 0.5) is 0 Å². The number of hydrogen-bond donors (Lipinski definition) is 1. The fourth-order valence-electron chi connectivity index (χ4n) is 1.31. The molecule has 2 rings (SSSR count). The van der Waals surface area contributed by atoms with Gasteiger partial charge in [-0.3, -0.25) is 4.79 Å². The molecule has 0 amide bonds. The van der Waals surface area contributed by atoms with Crippen molar-refractivity contribution in [2.45, 2.75) is 13.1 Å². The summed E-state index contributed by atoms with van der Waals surface area (Å²) in [7, 11) is 0. The van der Waals surface area contributed by atoms with Crippen molar-refractivity contribution in [3.8, 4) is 0 Å². The van der Waals surface area contributed by atoms with Crippen molar-refractivity contribution < 1.29 is 4.79 Å². The second-order valence-corrected chi connectivity index (χ2v) is 2.87.